The van der Waals surface area contributed by atoms with E-state index in [1.54, 1.807) is 31.4 Å². The molecule has 1 aliphatic rings. The Bertz CT molecular complexity index is 742. The Morgan fingerprint density at radius 1 is 1.08 bits per heavy atom. The molecule has 2 aromatic carbocycles. The van der Waals surface area contributed by atoms with Crippen molar-refractivity contribution in [2.75, 3.05) is 13.7 Å². The molecule has 3 rings (SSSR count). The molecule has 0 N–H and O–H groups in total. The Hall–Kier alpha value is -2.82. The molecule has 0 saturated carbocycles. The van der Waals surface area contributed by atoms with Gasteiger partial charge in [-0.15, -0.1) is 0 Å². The number of nitrogens with zero attached hydrogens (tertiary/aromatic N) is 1. The van der Waals surface area contributed by atoms with Crippen molar-refractivity contribution in [3.63, 3.8) is 0 Å². The van der Waals surface area contributed by atoms with Crippen molar-refractivity contribution in [2.45, 2.75) is 18.9 Å². The van der Waals surface area contributed by atoms with Crippen LogP contribution < -0.4 is 9.47 Å². The molecule has 1 aliphatic heterocycles. The van der Waals surface area contributed by atoms with E-state index in [4.69, 9.17) is 9.47 Å². The Morgan fingerprint density at radius 3 is 2.33 bits per heavy atom. The maximum absolute atomic E-state index is 12.7. The van der Waals surface area contributed by atoms with Gasteiger partial charge in [-0.3, -0.25) is 14.5 Å². The van der Waals surface area contributed by atoms with Crippen molar-refractivity contribution >= 4 is 11.8 Å². The van der Waals surface area contributed by atoms with Crippen LogP contribution in [0.1, 0.15) is 23.7 Å². The number of hydrogen-bond acceptors (Lipinski definition) is 4. The molecule has 0 bridgehead atoms. The van der Waals surface area contributed by atoms with Crippen molar-refractivity contribution in [3.05, 3.63) is 60.2 Å². The minimum atomic E-state index is -0.635. The molecule has 2 amide bonds. The van der Waals surface area contributed by atoms with Gasteiger partial charge < -0.3 is 9.47 Å². The van der Waals surface area contributed by atoms with Gasteiger partial charge in [0.1, 0.15) is 18.1 Å². The van der Waals surface area contributed by atoms with E-state index >= 15 is 0 Å². The van der Waals surface area contributed by atoms with E-state index in [1.165, 1.54) is 4.90 Å². The molecule has 1 saturated heterocycles. The van der Waals surface area contributed by atoms with Gasteiger partial charge in [0.15, 0.2) is 0 Å². The monoisotopic (exact) mass is 325 g/mol. The van der Waals surface area contributed by atoms with Crippen LogP contribution in [0.25, 0.3) is 0 Å². The lowest BCUT2D eigenvalue weighted by Gasteiger charge is -2.47. The number of amides is 2. The van der Waals surface area contributed by atoms with Crippen LogP contribution >= 0.6 is 0 Å². The number of β-lactam (4-membered cyclic amide) rings is 1. The van der Waals surface area contributed by atoms with Crippen LogP contribution in [0.3, 0.4) is 0 Å². The highest BCUT2D eigenvalue weighted by Gasteiger charge is 2.51. The topological polar surface area (TPSA) is 55.8 Å². The number of carbonyl (C=O) groups excluding carboxylic acids is 2. The molecule has 0 unspecified atom stereocenters. The normalized spacial score (nSPS) is 19.6. The fourth-order valence-corrected chi connectivity index (χ4v) is 2.79. The van der Waals surface area contributed by atoms with Crippen molar-refractivity contribution < 1.29 is 19.1 Å². The molecule has 24 heavy (non-hydrogen) atoms. The predicted molar refractivity (Wildman–Crippen MR) is 89.1 cm³/mol. The molecule has 5 heteroatoms. The Kier molecular flexibility index (Phi) is 4.25. The van der Waals surface area contributed by atoms with Crippen LogP contribution in [0.5, 0.6) is 11.5 Å². The summed E-state index contributed by atoms with van der Waals surface area (Å²) in [5.41, 5.74) is -0.181. The lowest BCUT2D eigenvalue weighted by atomic mass is 9.85. The average molecular weight is 325 g/mol. The van der Waals surface area contributed by atoms with Crippen LogP contribution in [-0.2, 0) is 4.79 Å². The third-order valence-corrected chi connectivity index (χ3v) is 4.15. The molecule has 1 fully saturated rings. The largest absolute Gasteiger partial charge is 0.497 e. The fraction of sp³-hybridized carbons (Fsp3) is 0.263. The lowest BCUT2D eigenvalue weighted by molar-refractivity contribution is -0.151. The second kappa shape index (κ2) is 6.35. The van der Waals surface area contributed by atoms with Crippen LogP contribution in [0.15, 0.2) is 54.6 Å². The number of rotatable bonds is 5. The fourth-order valence-electron chi connectivity index (χ4n) is 2.79. The first-order valence-electron chi connectivity index (χ1n) is 7.73. The van der Waals surface area contributed by atoms with E-state index in [0.717, 1.165) is 5.75 Å². The van der Waals surface area contributed by atoms with Gasteiger partial charge in [-0.1, -0.05) is 18.2 Å². The predicted octanol–water partition coefficient (Wildman–Crippen LogP) is 2.91. The van der Waals surface area contributed by atoms with E-state index in [9.17, 15) is 9.59 Å². The number of benzene rings is 2. The van der Waals surface area contributed by atoms with Gasteiger partial charge in [-0.05, 0) is 43.3 Å². The van der Waals surface area contributed by atoms with Gasteiger partial charge in [-0.2, -0.15) is 0 Å². The van der Waals surface area contributed by atoms with Gasteiger partial charge in [0.25, 0.3) is 5.91 Å². The zero-order valence-corrected chi connectivity index (χ0v) is 13.7. The molecule has 1 heterocycles. The number of para-hydroxylation sites is 1. The first-order valence-corrected chi connectivity index (χ1v) is 7.73. The Labute approximate surface area is 140 Å². The summed E-state index contributed by atoms with van der Waals surface area (Å²) >= 11 is 0. The molecule has 0 radical (unpaired) electrons. The average Bonchev–Trinajstić information content (AvgIpc) is 2.60. The summed E-state index contributed by atoms with van der Waals surface area (Å²) in [5.74, 6) is 0.884. The molecule has 1 atom stereocenters. The maximum Gasteiger partial charge on any atom is 0.261 e. The van der Waals surface area contributed by atoms with Crippen molar-refractivity contribution in [2.24, 2.45) is 0 Å². The summed E-state index contributed by atoms with van der Waals surface area (Å²) < 4.78 is 10.8. The zero-order valence-electron chi connectivity index (χ0n) is 13.7. The third kappa shape index (κ3) is 2.97. The molecular weight excluding hydrogens is 306 g/mol. The number of carbonyl (C=O) groups is 2. The quantitative estimate of drug-likeness (QED) is 0.626. The number of hydrogen-bond donors (Lipinski definition) is 0. The minimum Gasteiger partial charge on any atom is -0.497 e. The summed E-state index contributed by atoms with van der Waals surface area (Å²) in [5, 5.41) is 0. The van der Waals surface area contributed by atoms with E-state index in [-0.39, 0.29) is 18.4 Å². The molecule has 5 nitrogen and oxygen atoms in total. The standard InChI is InChI=1S/C19H19NO4/c1-19(13-24-16-6-4-3-5-7-16)12-17(21)20(19)18(22)14-8-10-15(23-2)11-9-14/h3-11H,12-13H2,1-2H3/t19-/m0/s1. The van der Waals surface area contributed by atoms with E-state index in [1.807, 2.05) is 37.3 Å². The summed E-state index contributed by atoms with van der Waals surface area (Å²) in [7, 11) is 1.56. The van der Waals surface area contributed by atoms with Crippen LogP contribution in [-0.4, -0.2) is 36.0 Å². The second-order valence-corrected chi connectivity index (χ2v) is 6.04. The highest BCUT2D eigenvalue weighted by Crippen LogP contribution is 2.34. The Balaban J connectivity index is 1.72. The SMILES string of the molecule is COc1ccc(C(=O)N2C(=O)C[C@@]2(C)COc2ccccc2)cc1. The molecular formula is C19H19NO4. The second-order valence-electron chi connectivity index (χ2n) is 6.04. The van der Waals surface area contributed by atoms with Crippen LogP contribution in [0.2, 0.25) is 0 Å². The number of imide groups is 1. The van der Waals surface area contributed by atoms with Gasteiger partial charge >= 0.3 is 0 Å². The van der Waals surface area contributed by atoms with Crippen LogP contribution in [0, 0.1) is 0 Å². The molecule has 124 valence electrons. The summed E-state index contributed by atoms with van der Waals surface area (Å²) in [6.45, 7) is 2.13. The van der Waals surface area contributed by atoms with Gasteiger partial charge in [0, 0.05) is 5.56 Å². The van der Waals surface area contributed by atoms with E-state index < -0.39 is 5.54 Å². The van der Waals surface area contributed by atoms with Gasteiger partial charge in [0.2, 0.25) is 5.91 Å². The highest BCUT2D eigenvalue weighted by atomic mass is 16.5. The summed E-state index contributed by atoms with van der Waals surface area (Å²) in [4.78, 5) is 26.0. The van der Waals surface area contributed by atoms with Crippen molar-refractivity contribution in [3.8, 4) is 11.5 Å². The number of likely N-dealkylation sites (tertiary alicyclic amines) is 1. The maximum atomic E-state index is 12.7. The zero-order chi connectivity index (χ0) is 17.2. The number of methoxy groups -OCH3 is 1. The molecule has 0 aliphatic carbocycles. The first kappa shape index (κ1) is 16.1. The smallest absolute Gasteiger partial charge is 0.261 e. The van der Waals surface area contributed by atoms with Crippen molar-refractivity contribution in [1.82, 2.24) is 4.90 Å². The molecule has 0 aromatic heterocycles. The highest BCUT2D eigenvalue weighted by molar-refractivity contribution is 6.09. The van der Waals surface area contributed by atoms with Crippen LogP contribution in [0.4, 0.5) is 0 Å². The Morgan fingerprint density at radius 2 is 1.75 bits per heavy atom. The summed E-state index contributed by atoms with van der Waals surface area (Å²) in [6.07, 6.45) is 0.293. The third-order valence-electron chi connectivity index (χ3n) is 4.15. The van der Waals surface area contributed by atoms with E-state index in [2.05, 4.69) is 0 Å². The summed E-state index contributed by atoms with van der Waals surface area (Å²) in [6, 6.07) is 16.1. The lowest BCUT2D eigenvalue weighted by Crippen LogP contribution is -2.66. The van der Waals surface area contributed by atoms with Gasteiger partial charge in [-0.25, -0.2) is 0 Å². The van der Waals surface area contributed by atoms with Crippen molar-refractivity contribution in [1.29, 1.82) is 0 Å². The van der Waals surface area contributed by atoms with Gasteiger partial charge in [0.05, 0.1) is 19.1 Å². The molecule has 2 aromatic rings. The first-order chi connectivity index (χ1) is 11.5. The minimum absolute atomic E-state index is 0.185. The molecule has 0 spiro atoms. The number of ether oxygens (including phenoxy) is 2. The van der Waals surface area contributed by atoms with E-state index in [0.29, 0.717) is 17.7 Å².